The van der Waals surface area contributed by atoms with Gasteiger partial charge >= 0.3 is 29.0 Å². The zero-order chi connectivity index (χ0) is 17.4. The van der Waals surface area contributed by atoms with Crippen molar-refractivity contribution in [2.24, 2.45) is 0 Å². The van der Waals surface area contributed by atoms with Gasteiger partial charge in [-0.1, -0.05) is 12.1 Å². The van der Waals surface area contributed by atoms with Crippen LogP contribution in [-0.4, -0.2) is 18.0 Å². The number of nitrogens with one attached hydrogen (secondary N) is 1. The molecule has 22 heavy (non-hydrogen) atoms. The van der Waals surface area contributed by atoms with Crippen LogP contribution in [0.25, 0.3) is 5.08 Å². The lowest BCUT2D eigenvalue weighted by atomic mass is 9.96. The number of halogens is 9. The molecule has 0 spiro atoms. The maximum absolute atomic E-state index is 13.5. The summed E-state index contributed by atoms with van der Waals surface area (Å²) in [6, 6.07) is 1.95. The molecule has 3 nitrogen and oxygen atoms in total. The van der Waals surface area contributed by atoms with Crippen LogP contribution in [0.1, 0.15) is 5.56 Å². The van der Waals surface area contributed by atoms with E-state index in [1.807, 2.05) is 0 Å². The van der Waals surface area contributed by atoms with Gasteiger partial charge in [0, 0.05) is 5.56 Å². The van der Waals surface area contributed by atoms with Gasteiger partial charge in [-0.3, -0.25) is 0 Å². The van der Waals surface area contributed by atoms with Gasteiger partial charge in [0.15, 0.2) is 0 Å². The molecule has 0 saturated carbocycles. The summed E-state index contributed by atoms with van der Waals surface area (Å²) in [7, 11) is 0. The number of rotatable bonds is 4. The summed E-state index contributed by atoms with van der Waals surface area (Å²) in [5.41, 5.74) is -0.727. The van der Waals surface area contributed by atoms with Crippen LogP contribution in [0, 0.1) is 5.39 Å². The van der Waals surface area contributed by atoms with E-state index in [1.165, 1.54) is 0 Å². The number of alkyl halides is 9. The fourth-order valence-corrected chi connectivity index (χ4v) is 1.40. The van der Waals surface area contributed by atoms with Gasteiger partial charge in [-0.25, -0.2) is 0 Å². The van der Waals surface area contributed by atoms with Crippen LogP contribution in [0.4, 0.5) is 45.2 Å². The molecule has 1 N–H and O–H groups in total. The lowest BCUT2D eigenvalue weighted by Crippen LogP contribution is -2.59. The number of nitrogens with zero attached hydrogens (tertiary/aromatic N) is 2. The lowest BCUT2D eigenvalue weighted by molar-refractivity contribution is -0.399. The quantitative estimate of drug-likeness (QED) is 0.487. The Morgan fingerprint density at radius 1 is 0.864 bits per heavy atom. The highest BCUT2D eigenvalue weighted by molar-refractivity contribution is 5.48. The van der Waals surface area contributed by atoms with E-state index in [2.05, 4.69) is 5.08 Å². The first-order valence-electron chi connectivity index (χ1n) is 5.20. The standard InChI is InChI=1S/C10H5F9N3/c11-7(12,5-2-1-3-6(4-5)21-22-20)8(13,14)9(15,16)10(17,18)19/h1-4,21H/q+1. The van der Waals surface area contributed by atoms with Crippen molar-refractivity contribution in [2.75, 3.05) is 5.43 Å². The molecule has 12 heteroatoms. The molecule has 1 aromatic carbocycles. The summed E-state index contributed by atoms with van der Waals surface area (Å²) in [4.78, 5) is 0. The zero-order valence-electron chi connectivity index (χ0n) is 10.1. The third-order valence-electron chi connectivity index (χ3n) is 2.55. The molecule has 0 aliphatic heterocycles. The second kappa shape index (κ2) is 5.22. The average Bonchev–Trinajstić information content (AvgIpc) is 2.37. The molecule has 1 aromatic rings. The Morgan fingerprint density at radius 2 is 1.41 bits per heavy atom. The Labute approximate surface area is 116 Å². The maximum atomic E-state index is 13.5. The van der Waals surface area contributed by atoms with E-state index < -0.39 is 35.2 Å². The first kappa shape index (κ1) is 17.9. The highest BCUT2D eigenvalue weighted by Crippen LogP contribution is 2.56. The Hall–Kier alpha value is -2.19. The monoisotopic (exact) mass is 338 g/mol. The van der Waals surface area contributed by atoms with Crippen LogP contribution in [0.3, 0.4) is 0 Å². The lowest BCUT2D eigenvalue weighted by Gasteiger charge is -2.33. The molecular formula is C10H5F9N3+. The third-order valence-corrected chi connectivity index (χ3v) is 2.55. The van der Waals surface area contributed by atoms with Crippen molar-refractivity contribution in [1.29, 1.82) is 5.39 Å². The van der Waals surface area contributed by atoms with E-state index in [9.17, 15) is 39.5 Å². The van der Waals surface area contributed by atoms with E-state index in [0.29, 0.717) is 6.07 Å². The van der Waals surface area contributed by atoms with Crippen molar-refractivity contribution >= 4 is 5.69 Å². The molecule has 0 aliphatic carbocycles. The average molecular weight is 338 g/mol. The number of hydrogen-bond donors (Lipinski definition) is 1. The van der Waals surface area contributed by atoms with Crippen LogP contribution in [0.2, 0.25) is 0 Å². The Bertz CT molecular complexity index is 588. The zero-order valence-corrected chi connectivity index (χ0v) is 10.1. The summed E-state index contributed by atoms with van der Waals surface area (Å²) >= 11 is 0. The smallest absolute Gasteiger partial charge is 0.194 e. The molecule has 1 rings (SSSR count). The van der Waals surface area contributed by atoms with Crippen LogP contribution < -0.4 is 5.43 Å². The van der Waals surface area contributed by atoms with Crippen molar-refractivity contribution in [3.63, 3.8) is 0 Å². The number of anilines is 1. The molecular weight excluding hydrogens is 333 g/mol. The van der Waals surface area contributed by atoms with E-state index in [1.54, 1.807) is 5.43 Å². The summed E-state index contributed by atoms with van der Waals surface area (Å²) in [6.45, 7) is 0. The third kappa shape index (κ3) is 2.62. The molecule has 0 saturated heterocycles. The van der Waals surface area contributed by atoms with Crippen molar-refractivity contribution in [3.05, 3.63) is 34.9 Å². The summed E-state index contributed by atoms with van der Waals surface area (Å²) in [5, 5.41) is 10.4. The van der Waals surface area contributed by atoms with Crippen LogP contribution in [0.5, 0.6) is 0 Å². The predicted molar refractivity (Wildman–Crippen MR) is 55.0 cm³/mol. The summed E-state index contributed by atoms with van der Waals surface area (Å²) < 4.78 is 115. The van der Waals surface area contributed by atoms with Gasteiger partial charge in [-0.15, -0.1) is 0 Å². The molecule has 122 valence electrons. The molecule has 0 aliphatic rings. The van der Waals surface area contributed by atoms with Crippen molar-refractivity contribution in [3.8, 4) is 0 Å². The fraction of sp³-hybridized carbons (Fsp3) is 0.400. The molecule has 0 unspecified atom stereocenters. The highest BCUT2D eigenvalue weighted by Gasteiger charge is 2.82. The van der Waals surface area contributed by atoms with E-state index >= 15 is 0 Å². The van der Waals surface area contributed by atoms with Crippen molar-refractivity contribution < 1.29 is 39.5 Å². The van der Waals surface area contributed by atoms with Gasteiger partial charge in [0.25, 0.3) is 5.39 Å². The summed E-state index contributed by atoms with van der Waals surface area (Å²) in [6.07, 6.45) is -6.88. The molecule has 0 heterocycles. The molecule has 0 fully saturated rings. The second-order valence-corrected chi connectivity index (χ2v) is 4.01. The topological polar surface area (TPSA) is 40.2 Å². The first-order chi connectivity index (χ1) is 9.79. The van der Waals surface area contributed by atoms with Gasteiger partial charge in [-0.2, -0.15) is 39.5 Å². The Kier molecular flexibility index (Phi) is 4.24. The van der Waals surface area contributed by atoms with Gasteiger partial charge in [-0.05, 0) is 17.6 Å². The minimum Gasteiger partial charge on any atom is -0.194 e. The summed E-state index contributed by atoms with van der Waals surface area (Å²) in [5.74, 6) is -19.6. The molecule has 0 atom stereocenters. The minimum absolute atomic E-state index is 0.139. The van der Waals surface area contributed by atoms with Crippen LogP contribution in [-0.2, 0) is 5.92 Å². The fourth-order valence-electron chi connectivity index (χ4n) is 1.40. The minimum atomic E-state index is -6.96. The maximum Gasteiger partial charge on any atom is 0.460 e. The van der Waals surface area contributed by atoms with Crippen LogP contribution in [0.15, 0.2) is 24.3 Å². The SMILES string of the molecule is N#[N+]Nc1cccc(C(F)(F)C(F)(F)C(F)(F)C(F)(F)F)c1. The van der Waals surface area contributed by atoms with Gasteiger partial charge < -0.3 is 0 Å². The normalized spacial score (nSPS) is 13.6. The molecule has 0 aromatic heterocycles. The number of benzene rings is 1. The predicted octanol–water partition coefficient (Wildman–Crippen LogP) is 4.79. The Balaban J connectivity index is 3.39. The van der Waals surface area contributed by atoms with Crippen molar-refractivity contribution in [2.45, 2.75) is 23.9 Å². The largest absolute Gasteiger partial charge is 0.460 e. The number of diazo groups is 1. The van der Waals surface area contributed by atoms with E-state index in [4.69, 9.17) is 5.39 Å². The van der Waals surface area contributed by atoms with Crippen molar-refractivity contribution in [1.82, 2.24) is 0 Å². The van der Waals surface area contributed by atoms with E-state index in [0.717, 1.165) is 6.07 Å². The number of hydrogen-bond acceptors (Lipinski definition) is 2. The van der Waals surface area contributed by atoms with E-state index in [-0.39, 0.29) is 12.1 Å². The highest BCUT2D eigenvalue weighted by atomic mass is 19.4. The van der Waals surface area contributed by atoms with Gasteiger partial charge in [0.2, 0.25) is 0 Å². The second-order valence-electron chi connectivity index (χ2n) is 4.01. The molecule has 0 bridgehead atoms. The Morgan fingerprint density at radius 3 is 1.86 bits per heavy atom. The molecule has 0 radical (unpaired) electrons. The van der Waals surface area contributed by atoms with Gasteiger partial charge in [0.1, 0.15) is 5.69 Å². The van der Waals surface area contributed by atoms with Crippen LogP contribution >= 0.6 is 0 Å². The molecule has 0 amide bonds. The van der Waals surface area contributed by atoms with Gasteiger partial charge in [0.05, 0.1) is 0 Å². The first-order valence-corrected chi connectivity index (χ1v) is 5.20.